The van der Waals surface area contributed by atoms with E-state index in [1.807, 2.05) is 18.2 Å². The van der Waals surface area contributed by atoms with E-state index < -0.39 is 10.0 Å². The van der Waals surface area contributed by atoms with Crippen molar-refractivity contribution in [3.8, 4) is 11.5 Å². The first-order chi connectivity index (χ1) is 19.8. The number of carbonyl (C=O) groups excluding carboxylic acids is 1. The molecule has 41 heavy (non-hydrogen) atoms. The summed E-state index contributed by atoms with van der Waals surface area (Å²) in [4.78, 5) is 15.7. The molecule has 4 aromatic rings. The van der Waals surface area contributed by atoms with Gasteiger partial charge in [-0.2, -0.15) is 0 Å². The second kappa shape index (κ2) is 13.0. The molecule has 10 heteroatoms. The van der Waals surface area contributed by atoms with Crippen molar-refractivity contribution in [2.45, 2.75) is 30.3 Å². The van der Waals surface area contributed by atoms with Gasteiger partial charge in [-0.25, -0.2) is 8.42 Å². The van der Waals surface area contributed by atoms with E-state index in [4.69, 9.17) is 27.9 Å². The zero-order valence-electron chi connectivity index (χ0n) is 22.1. The molecule has 1 saturated heterocycles. The van der Waals surface area contributed by atoms with Gasteiger partial charge in [-0.05, 0) is 73.0 Å². The maximum absolute atomic E-state index is 13.3. The molecule has 1 aliphatic heterocycles. The van der Waals surface area contributed by atoms with Gasteiger partial charge in [0.2, 0.25) is 0 Å². The number of amides is 1. The van der Waals surface area contributed by atoms with Crippen molar-refractivity contribution in [3.63, 3.8) is 0 Å². The van der Waals surface area contributed by atoms with Crippen LogP contribution in [0.3, 0.4) is 0 Å². The Morgan fingerprint density at radius 2 is 1.56 bits per heavy atom. The lowest BCUT2D eigenvalue weighted by atomic mass is 10.0. The topological polar surface area (TPSA) is 87.7 Å². The minimum Gasteiger partial charge on any atom is -0.456 e. The summed E-state index contributed by atoms with van der Waals surface area (Å²) in [7, 11) is -4.01. The number of anilines is 1. The maximum Gasteiger partial charge on any atom is 0.261 e. The average molecular weight is 611 g/mol. The third-order valence-corrected chi connectivity index (χ3v) is 8.77. The van der Waals surface area contributed by atoms with E-state index in [9.17, 15) is 13.2 Å². The monoisotopic (exact) mass is 609 g/mol. The van der Waals surface area contributed by atoms with Crippen molar-refractivity contribution < 1.29 is 17.9 Å². The molecule has 0 spiro atoms. The van der Waals surface area contributed by atoms with Crippen LogP contribution in [-0.4, -0.2) is 38.4 Å². The Morgan fingerprint density at radius 1 is 0.878 bits per heavy atom. The maximum atomic E-state index is 13.3. The van der Waals surface area contributed by atoms with Gasteiger partial charge in [0.25, 0.3) is 15.9 Å². The van der Waals surface area contributed by atoms with E-state index >= 15 is 0 Å². The summed E-state index contributed by atoms with van der Waals surface area (Å²) in [5.74, 6) is 0.509. The molecule has 0 aromatic heterocycles. The number of hydrogen-bond donors (Lipinski definition) is 2. The number of likely N-dealkylation sites (tertiary alicyclic amines) is 1. The lowest BCUT2D eigenvalue weighted by Gasteiger charge is -2.32. The van der Waals surface area contributed by atoms with Crippen LogP contribution in [0.2, 0.25) is 10.0 Å². The summed E-state index contributed by atoms with van der Waals surface area (Å²) in [6, 6.07) is 27.7. The fourth-order valence-electron chi connectivity index (χ4n) is 4.68. The van der Waals surface area contributed by atoms with Crippen LogP contribution in [0.4, 0.5) is 5.69 Å². The number of benzene rings is 4. The molecule has 1 amide bonds. The molecular formula is C31H29Cl2N3O4S. The van der Waals surface area contributed by atoms with Gasteiger partial charge >= 0.3 is 0 Å². The highest BCUT2D eigenvalue weighted by Gasteiger charge is 2.24. The lowest BCUT2D eigenvalue weighted by Crippen LogP contribution is -2.44. The summed E-state index contributed by atoms with van der Waals surface area (Å²) in [5, 5.41) is 3.83. The molecule has 4 aromatic carbocycles. The van der Waals surface area contributed by atoms with Gasteiger partial charge in [0, 0.05) is 30.7 Å². The van der Waals surface area contributed by atoms with E-state index in [1.165, 1.54) is 42.0 Å². The van der Waals surface area contributed by atoms with Crippen LogP contribution in [0, 0.1) is 0 Å². The summed E-state index contributed by atoms with van der Waals surface area (Å²) < 4.78 is 34.7. The summed E-state index contributed by atoms with van der Waals surface area (Å²) in [5.41, 5.74) is 1.56. The van der Waals surface area contributed by atoms with Crippen molar-refractivity contribution >= 4 is 44.8 Å². The fourth-order valence-corrected chi connectivity index (χ4v) is 6.10. The fraction of sp³-hybridized carbons (Fsp3) is 0.194. The Labute approximate surface area is 250 Å². The van der Waals surface area contributed by atoms with Crippen LogP contribution in [0.15, 0.2) is 102 Å². The van der Waals surface area contributed by atoms with Crippen molar-refractivity contribution in [2.75, 3.05) is 17.8 Å². The van der Waals surface area contributed by atoms with E-state index in [2.05, 4.69) is 27.1 Å². The minimum atomic E-state index is -4.01. The number of rotatable bonds is 9. The van der Waals surface area contributed by atoms with Gasteiger partial charge in [-0.15, -0.1) is 0 Å². The number of para-hydroxylation sites is 1. The Hall–Kier alpha value is -3.56. The number of hydrogen-bond acceptors (Lipinski definition) is 5. The summed E-state index contributed by atoms with van der Waals surface area (Å²) in [6.45, 7) is 2.57. The molecule has 5 rings (SSSR count). The van der Waals surface area contributed by atoms with Crippen LogP contribution in [0.25, 0.3) is 0 Å². The molecule has 0 aliphatic carbocycles. The standard InChI is InChI=1S/C31H29Cl2N3O4S/c32-23-10-15-29(35-41(38,39)26-13-11-25(12-14-26)40-30-9-5-4-8-28(30)33)27(20-23)31(37)34-24-16-18-36(19-17-24)21-22-6-2-1-3-7-22/h1-15,20,24,35H,16-19,21H2,(H,34,37). The van der Waals surface area contributed by atoms with E-state index in [0.29, 0.717) is 21.5 Å². The van der Waals surface area contributed by atoms with Crippen LogP contribution in [-0.2, 0) is 16.6 Å². The van der Waals surface area contributed by atoms with E-state index in [0.717, 1.165) is 32.5 Å². The number of piperidine rings is 1. The molecule has 0 saturated carbocycles. The van der Waals surface area contributed by atoms with Crippen molar-refractivity contribution in [3.05, 3.63) is 118 Å². The molecular weight excluding hydrogens is 581 g/mol. The predicted molar refractivity (Wildman–Crippen MR) is 162 cm³/mol. The quantitative estimate of drug-likeness (QED) is 0.214. The molecule has 0 radical (unpaired) electrons. The van der Waals surface area contributed by atoms with Crippen LogP contribution in [0.5, 0.6) is 11.5 Å². The summed E-state index contributed by atoms with van der Waals surface area (Å²) in [6.07, 6.45) is 1.59. The van der Waals surface area contributed by atoms with Gasteiger partial charge < -0.3 is 10.1 Å². The number of nitrogens with zero attached hydrogens (tertiary/aromatic N) is 1. The molecule has 1 aliphatic rings. The minimum absolute atomic E-state index is 0.0103. The van der Waals surface area contributed by atoms with E-state index in [-0.39, 0.29) is 28.1 Å². The van der Waals surface area contributed by atoms with Crippen LogP contribution < -0.4 is 14.8 Å². The molecule has 2 N–H and O–H groups in total. The average Bonchev–Trinajstić information content (AvgIpc) is 2.97. The normalized spacial score (nSPS) is 14.4. The van der Waals surface area contributed by atoms with Crippen molar-refractivity contribution in [2.24, 2.45) is 0 Å². The van der Waals surface area contributed by atoms with Gasteiger partial charge in [0.15, 0.2) is 0 Å². The van der Waals surface area contributed by atoms with Crippen LogP contribution in [0.1, 0.15) is 28.8 Å². The van der Waals surface area contributed by atoms with Gasteiger partial charge in [-0.3, -0.25) is 14.4 Å². The van der Waals surface area contributed by atoms with Crippen molar-refractivity contribution in [1.29, 1.82) is 0 Å². The predicted octanol–water partition coefficient (Wildman–Crippen LogP) is 6.98. The number of halogens is 2. The molecule has 0 atom stereocenters. The number of sulfonamides is 1. The Kier molecular flexibility index (Phi) is 9.15. The molecule has 0 bridgehead atoms. The second-order valence-corrected chi connectivity index (χ2v) is 12.3. The number of ether oxygens (including phenoxy) is 1. The molecule has 1 fully saturated rings. The SMILES string of the molecule is O=C(NC1CCN(Cc2ccccc2)CC1)c1cc(Cl)ccc1NS(=O)(=O)c1ccc(Oc2ccccc2Cl)cc1. The third-order valence-electron chi connectivity index (χ3n) is 6.84. The lowest BCUT2D eigenvalue weighted by molar-refractivity contribution is 0.0910. The van der Waals surface area contributed by atoms with Gasteiger partial charge in [0.1, 0.15) is 11.5 Å². The zero-order valence-corrected chi connectivity index (χ0v) is 24.4. The van der Waals surface area contributed by atoms with Crippen molar-refractivity contribution in [1.82, 2.24) is 10.2 Å². The van der Waals surface area contributed by atoms with Gasteiger partial charge in [-0.1, -0.05) is 65.7 Å². The van der Waals surface area contributed by atoms with E-state index in [1.54, 1.807) is 30.3 Å². The number of carbonyl (C=O) groups is 1. The largest absolute Gasteiger partial charge is 0.456 e. The molecule has 212 valence electrons. The van der Waals surface area contributed by atoms with Crippen LogP contribution >= 0.6 is 23.2 Å². The highest BCUT2D eigenvalue weighted by atomic mass is 35.5. The smallest absolute Gasteiger partial charge is 0.261 e. The Morgan fingerprint density at radius 3 is 2.27 bits per heavy atom. The first-order valence-corrected chi connectivity index (χ1v) is 15.4. The summed E-state index contributed by atoms with van der Waals surface area (Å²) >= 11 is 12.3. The highest BCUT2D eigenvalue weighted by molar-refractivity contribution is 7.92. The Bertz CT molecular complexity index is 1610. The molecule has 0 unspecified atom stereocenters. The first-order valence-electron chi connectivity index (χ1n) is 13.2. The third kappa shape index (κ3) is 7.59. The second-order valence-electron chi connectivity index (χ2n) is 9.81. The first kappa shape index (κ1) is 29.0. The Balaban J connectivity index is 1.23. The highest BCUT2D eigenvalue weighted by Crippen LogP contribution is 2.30. The molecule has 7 nitrogen and oxygen atoms in total. The van der Waals surface area contributed by atoms with Gasteiger partial charge in [0.05, 0.1) is 21.2 Å². The zero-order chi connectivity index (χ0) is 28.8. The number of nitrogens with one attached hydrogen (secondary N) is 2. The molecule has 1 heterocycles.